The van der Waals surface area contributed by atoms with E-state index in [0.29, 0.717) is 16.3 Å². The second kappa shape index (κ2) is 8.09. The Kier molecular flexibility index (Phi) is 5.61. The fraction of sp³-hybridized carbons (Fsp3) is 0.150. The van der Waals surface area contributed by atoms with Crippen molar-refractivity contribution < 1.29 is 18.7 Å². The first-order valence-electron chi connectivity index (χ1n) is 8.23. The third-order valence-corrected chi connectivity index (χ3v) is 4.72. The quantitative estimate of drug-likeness (QED) is 0.660. The van der Waals surface area contributed by atoms with Crippen molar-refractivity contribution in [1.82, 2.24) is 4.98 Å². The van der Waals surface area contributed by atoms with Gasteiger partial charge in [-0.1, -0.05) is 36.4 Å². The molecular formula is C20H17FN2O3S. The number of carbonyl (C=O) groups excluding carboxylic acids is 2. The van der Waals surface area contributed by atoms with E-state index in [9.17, 15) is 14.0 Å². The van der Waals surface area contributed by atoms with Crippen LogP contribution in [0.25, 0.3) is 10.6 Å². The lowest BCUT2D eigenvalue weighted by atomic mass is 10.2. The number of carbonyl (C=O) groups is 2. The van der Waals surface area contributed by atoms with Crippen molar-refractivity contribution in [3.63, 3.8) is 0 Å². The van der Waals surface area contributed by atoms with Crippen LogP contribution in [0.3, 0.4) is 0 Å². The second-order valence-corrected chi connectivity index (χ2v) is 6.76. The van der Waals surface area contributed by atoms with Crippen LogP contribution >= 0.6 is 11.3 Å². The smallest absolute Gasteiger partial charge is 0.358 e. The number of thiazole rings is 1. The predicted octanol–water partition coefficient (Wildman–Crippen LogP) is 4.44. The largest absolute Gasteiger partial charge is 0.448 e. The highest BCUT2D eigenvalue weighted by Gasteiger charge is 2.21. The van der Waals surface area contributed by atoms with Crippen molar-refractivity contribution in [1.29, 1.82) is 0 Å². The normalized spacial score (nSPS) is 11.7. The Labute approximate surface area is 159 Å². The number of anilines is 1. The number of hydrogen-bond acceptors (Lipinski definition) is 5. The van der Waals surface area contributed by atoms with Gasteiger partial charge in [-0.25, -0.2) is 14.2 Å². The Morgan fingerprint density at radius 2 is 1.93 bits per heavy atom. The van der Waals surface area contributed by atoms with Crippen molar-refractivity contribution in [3.8, 4) is 10.6 Å². The molecule has 1 atom stereocenters. The average Bonchev–Trinajstić information content (AvgIpc) is 3.16. The maximum absolute atomic E-state index is 13.6. The van der Waals surface area contributed by atoms with Gasteiger partial charge in [0.2, 0.25) is 0 Å². The lowest BCUT2D eigenvalue weighted by Crippen LogP contribution is -2.30. The molecule has 1 aromatic heterocycles. The molecule has 1 amide bonds. The lowest BCUT2D eigenvalue weighted by molar-refractivity contribution is -0.123. The molecule has 138 valence electrons. The number of rotatable bonds is 5. The number of nitrogens with zero attached hydrogens (tertiary/aromatic N) is 1. The summed E-state index contributed by atoms with van der Waals surface area (Å²) in [5, 5.41) is 4.80. The molecule has 0 fully saturated rings. The molecule has 0 saturated heterocycles. The van der Waals surface area contributed by atoms with Gasteiger partial charge >= 0.3 is 5.97 Å². The second-order valence-electron chi connectivity index (χ2n) is 5.90. The molecule has 0 spiro atoms. The fourth-order valence-electron chi connectivity index (χ4n) is 2.27. The van der Waals surface area contributed by atoms with Gasteiger partial charge in [0.15, 0.2) is 11.8 Å². The van der Waals surface area contributed by atoms with E-state index < -0.39 is 23.8 Å². The average molecular weight is 384 g/mol. The van der Waals surface area contributed by atoms with E-state index >= 15 is 0 Å². The highest BCUT2D eigenvalue weighted by molar-refractivity contribution is 7.13. The summed E-state index contributed by atoms with van der Waals surface area (Å²) >= 11 is 1.32. The van der Waals surface area contributed by atoms with Crippen molar-refractivity contribution in [3.05, 3.63) is 71.0 Å². The Hall–Kier alpha value is -3.06. The molecule has 0 aliphatic rings. The molecule has 7 heteroatoms. The molecule has 5 nitrogen and oxygen atoms in total. The SMILES string of the molecule is Cc1ccc(NC(=O)[C@@H](C)OC(=O)c2csc(-c3ccccc3)n2)cc1F. The van der Waals surface area contributed by atoms with Gasteiger partial charge in [0.25, 0.3) is 5.91 Å². The first-order valence-corrected chi connectivity index (χ1v) is 9.11. The summed E-state index contributed by atoms with van der Waals surface area (Å²) in [6, 6.07) is 13.8. The number of esters is 1. The molecule has 0 radical (unpaired) electrons. The molecular weight excluding hydrogens is 367 g/mol. The minimum absolute atomic E-state index is 0.139. The standard InChI is InChI=1S/C20H17FN2O3S/c1-12-8-9-15(10-16(12)21)22-18(24)13(2)26-20(25)17-11-27-19(23-17)14-6-4-3-5-7-14/h3-11,13H,1-2H3,(H,22,24)/t13-/m1/s1. The van der Waals surface area contributed by atoms with E-state index in [2.05, 4.69) is 10.3 Å². The summed E-state index contributed by atoms with van der Waals surface area (Å²) in [4.78, 5) is 28.7. The molecule has 0 aliphatic carbocycles. The van der Waals surface area contributed by atoms with Crippen LogP contribution in [0.15, 0.2) is 53.9 Å². The molecule has 0 aliphatic heterocycles. The van der Waals surface area contributed by atoms with Crippen LogP contribution in [0.4, 0.5) is 10.1 Å². The number of hydrogen-bond donors (Lipinski definition) is 1. The molecule has 0 bridgehead atoms. The molecule has 27 heavy (non-hydrogen) atoms. The van der Waals surface area contributed by atoms with Gasteiger partial charge in [-0.3, -0.25) is 4.79 Å². The Morgan fingerprint density at radius 1 is 1.19 bits per heavy atom. The molecule has 1 heterocycles. The van der Waals surface area contributed by atoms with Crippen LogP contribution in [-0.2, 0) is 9.53 Å². The van der Waals surface area contributed by atoms with Crippen LogP contribution in [0.1, 0.15) is 23.0 Å². The van der Waals surface area contributed by atoms with Gasteiger partial charge in [-0.15, -0.1) is 11.3 Å². The van der Waals surface area contributed by atoms with Crippen LogP contribution in [-0.4, -0.2) is 23.0 Å². The monoisotopic (exact) mass is 384 g/mol. The Balaban J connectivity index is 1.62. The van der Waals surface area contributed by atoms with E-state index in [4.69, 9.17) is 4.74 Å². The van der Waals surface area contributed by atoms with E-state index in [1.807, 2.05) is 30.3 Å². The zero-order chi connectivity index (χ0) is 19.4. The Bertz CT molecular complexity index is 972. The summed E-state index contributed by atoms with van der Waals surface area (Å²) in [5.74, 6) is -1.66. The van der Waals surface area contributed by atoms with E-state index in [0.717, 1.165) is 5.56 Å². The topological polar surface area (TPSA) is 68.3 Å². The summed E-state index contributed by atoms with van der Waals surface area (Å²) in [5.41, 5.74) is 1.81. The van der Waals surface area contributed by atoms with Gasteiger partial charge < -0.3 is 10.1 Å². The molecule has 3 aromatic rings. The summed E-state index contributed by atoms with van der Waals surface area (Å²) in [6.45, 7) is 3.07. The highest BCUT2D eigenvalue weighted by Crippen LogP contribution is 2.23. The van der Waals surface area contributed by atoms with Crippen LogP contribution < -0.4 is 5.32 Å². The van der Waals surface area contributed by atoms with Gasteiger partial charge in [0, 0.05) is 16.6 Å². The predicted molar refractivity (Wildman–Crippen MR) is 102 cm³/mol. The van der Waals surface area contributed by atoms with Crippen LogP contribution in [0.2, 0.25) is 0 Å². The zero-order valence-corrected chi connectivity index (χ0v) is 15.5. The molecule has 0 saturated carbocycles. The Morgan fingerprint density at radius 3 is 2.63 bits per heavy atom. The first-order chi connectivity index (χ1) is 12.9. The van der Waals surface area contributed by atoms with Gasteiger partial charge in [-0.2, -0.15) is 0 Å². The number of ether oxygens (including phenoxy) is 1. The maximum atomic E-state index is 13.6. The van der Waals surface area contributed by atoms with Crippen LogP contribution in [0, 0.1) is 12.7 Å². The van der Waals surface area contributed by atoms with Crippen molar-refractivity contribution in [2.75, 3.05) is 5.32 Å². The summed E-state index contributed by atoms with van der Waals surface area (Å²) in [7, 11) is 0. The molecule has 2 aromatic carbocycles. The number of halogens is 1. The third kappa shape index (κ3) is 4.57. The van der Waals surface area contributed by atoms with Gasteiger partial charge in [0.1, 0.15) is 10.8 Å². The van der Waals surface area contributed by atoms with Crippen LogP contribution in [0.5, 0.6) is 0 Å². The third-order valence-electron chi connectivity index (χ3n) is 3.83. The highest BCUT2D eigenvalue weighted by atomic mass is 32.1. The first kappa shape index (κ1) is 18.7. The van der Waals surface area contributed by atoms with Crippen molar-refractivity contribution in [2.24, 2.45) is 0 Å². The maximum Gasteiger partial charge on any atom is 0.358 e. The minimum atomic E-state index is -1.05. The number of nitrogens with one attached hydrogen (secondary N) is 1. The fourth-order valence-corrected chi connectivity index (χ4v) is 3.07. The minimum Gasteiger partial charge on any atom is -0.448 e. The van der Waals surface area contributed by atoms with Gasteiger partial charge in [-0.05, 0) is 31.5 Å². The van der Waals surface area contributed by atoms with Crippen molar-refractivity contribution in [2.45, 2.75) is 20.0 Å². The van der Waals surface area contributed by atoms with E-state index in [1.54, 1.807) is 24.4 Å². The number of aryl methyl sites for hydroxylation is 1. The number of aromatic nitrogens is 1. The zero-order valence-electron chi connectivity index (χ0n) is 14.7. The van der Waals surface area contributed by atoms with Crippen molar-refractivity contribution >= 4 is 28.9 Å². The number of benzene rings is 2. The molecule has 0 unspecified atom stereocenters. The van der Waals surface area contributed by atoms with Gasteiger partial charge in [0.05, 0.1) is 0 Å². The number of amides is 1. The molecule has 3 rings (SSSR count). The molecule has 1 N–H and O–H groups in total. The summed E-state index contributed by atoms with van der Waals surface area (Å²) in [6.07, 6.45) is -1.05. The van der Waals surface area contributed by atoms with E-state index in [-0.39, 0.29) is 5.69 Å². The lowest BCUT2D eigenvalue weighted by Gasteiger charge is -2.13. The van der Waals surface area contributed by atoms with E-state index in [1.165, 1.54) is 24.3 Å². The summed E-state index contributed by atoms with van der Waals surface area (Å²) < 4.78 is 18.7.